The fourth-order valence-corrected chi connectivity index (χ4v) is 5.97. The van der Waals surface area contributed by atoms with Crippen LogP contribution >= 0.6 is 39.5 Å². The molecule has 5 nitrogen and oxygen atoms in total. The molecule has 1 N–H and O–H groups in total. The quantitative estimate of drug-likeness (QED) is 0.512. The maximum atomic E-state index is 5.79. The molecule has 8 heteroatoms. The fraction of sp³-hybridized carbons (Fsp3) is 0.273. The lowest BCUT2D eigenvalue weighted by Gasteiger charge is -2.30. The van der Waals surface area contributed by atoms with Crippen molar-refractivity contribution in [3.05, 3.63) is 75.2 Å². The van der Waals surface area contributed by atoms with Crippen LogP contribution in [0.3, 0.4) is 0 Å². The van der Waals surface area contributed by atoms with Crippen molar-refractivity contribution in [1.82, 2.24) is 10.3 Å². The molecule has 0 bridgehead atoms. The van der Waals surface area contributed by atoms with Gasteiger partial charge in [-0.15, -0.1) is 11.3 Å². The molecule has 1 aromatic carbocycles. The summed E-state index contributed by atoms with van der Waals surface area (Å²) in [5.41, 5.74) is 3.29. The number of hydrogen-bond donors (Lipinski definition) is 1. The Kier molecular flexibility index (Phi) is 5.73. The predicted molar refractivity (Wildman–Crippen MR) is 129 cm³/mol. The monoisotopic (exact) mass is 500 g/mol. The first-order chi connectivity index (χ1) is 14.7. The van der Waals surface area contributed by atoms with Gasteiger partial charge in [0.1, 0.15) is 0 Å². The van der Waals surface area contributed by atoms with E-state index in [4.69, 9.17) is 17.0 Å². The van der Waals surface area contributed by atoms with Crippen LogP contribution in [0.2, 0.25) is 0 Å². The van der Waals surface area contributed by atoms with Crippen LogP contribution in [0.5, 0.6) is 0 Å². The molecule has 2 aliphatic rings. The summed E-state index contributed by atoms with van der Waals surface area (Å²) < 4.78 is 6.56. The first-order valence-corrected chi connectivity index (χ1v) is 12.0. The SMILES string of the molecule is S=C1N[C@H](c2ccccn2)[C@H](c2cc(Br)cs2)N1c1ccc(N2CCOCC2)cc1. The summed E-state index contributed by atoms with van der Waals surface area (Å²) in [4.78, 5) is 10.4. The Morgan fingerprint density at radius 2 is 1.87 bits per heavy atom. The Hall–Kier alpha value is -2.00. The molecular formula is C22H21BrN4OS2. The minimum Gasteiger partial charge on any atom is -0.378 e. The second kappa shape index (κ2) is 8.63. The third kappa shape index (κ3) is 3.85. The number of halogens is 1. The first-order valence-electron chi connectivity index (χ1n) is 9.88. The van der Waals surface area contributed by atoms with Crippen LogP contribution in [-0.4, -0.2) is 36.4 Å². The van der Waals surface area contributed by atoms with Crippen molar-refractivity contribution in [2.24, 2.45) is 0 Å². The number of nitrogens with one attached hydrogen (secondary N) is 1. The number of pyridine rings is 1. The number of ether oxygens (including phenoxy) is 1. The molecule has 2 atom stereocenters. The van der Waals surface area contributed by atoms with Crippen LogP contribution < -0.4 is 15.1 Å². The average Bonchev–Trinajstić information content (AvgIpc) is 3.38. The molecule has 2 fully saturated rings. The zero-order valence-electron chi connectivity index (χ0n) is 16.2. The largest absolute Gasteiger partial charge is 0.378 e. The molecule has 154 valence electrons. The number of morpholine rings is 1. The van der Waals surface area contributed by atoms with Gasteiger partial charge in [-0.1, -0.05) is 6.07 Å². The van der Waals surface area contributed by atoms with Gasteiger partial charge in [0.15, 0.2) is 5.11 Å². The topological polar surface area (TPSA) is 40.6 Å². The number of hydrogen-bond acceptors (Lipinski definition) is 5. The number of benzene rings is 1. The van der Waals surface area contributed by atoms with E-state index in [0.717, 1.165) is 47.3 Å². The van der Waals surface area contributed by atoms with Crippen molar-refractivity contribution in [1.29, 1.82) is 0 Å². The Bertz CT molecular complexity index is 1020. The molecule has 5 rings (SSSR count). The number of thiocarbonyl (C=S) groups is 1. The Balaban J connectivity index is 1.50. The van der Waals surface area contributed by atoms with E-state index in [1.54, 1.807) is 11.3 Å². The van der Waals surface area contributed by atoms with Crippen molar-refractivity contribution in [2.45, 2.75) is 12.1 Å². The Morgan fingerprint density at radius 1 is 1.10 bits per heavy atom. The molecule has 0 amide bonds. The summed E-state index contributed by atoms with van der Waals surface area (Å²) in [6.45, 7) is 3.42. The maximum Gasteiger partial charge on any atom is 0.174 e. The van der Waals surface area contributed by atoms with E-state index in [1.807, 2.05) is 18.3 Å². The number of rotatable bonds is 4. The zero-order chi connectivity index (χ0) is 20.5. The molecule has 0 saturated carbocycles. The van der Waals surface area contributed by atoms with Crippen LogP contribution in [0.15, 0.2) is 64.6 Å². The van der Waals surface area contributed by atoms with Crippen molar-refractivity contribution in [3.8, 4) is 0 Å². The highest BCUT2D eigenvalue weighted by Crippen LogP contribution is 2.44. The molecule has 2 aliphatic heterocycles. The zero-order valence-corrected chi connectivity index (χ0v) is 19.4. The van der Waals surface area contributed by atoms with E-state index in [2.05, 4.69) is 77.8 Å². The van der Waals surface area contributed by atoms with Gasteiger partial charge in [-0.05, 0) is 70.6 Å². The molecule has 0 unspecified atom stereocenters. The second-order valence-electron chi connectivity index (χ2n) is 7.28. The van der Waals surface area contributed by atoms with E-state index in [1.165, 1.54) is 10.6 Å². The van der Waals surface area contributed by atoms with Crippen LogP contribution in [0.25, 0.3) is 0 Å². The van der Waals surface area contributed by atoms with Gasteiger partial charge in [-0.25, -0.2) is 0 Å². The standard InChI is InChI=1S/C22H21BrN4OS2/c23-15-13-19(30-14-15)21-20(18-3-1-2-8-24-18)25-22(29)27(21)17-6-4-16(5-7-17)26-9-11-28-12-10-26/h1-8,13-14,20-21H,9-12H2,(H,25,29)/t20-,21+/m1/s1. The average molecular weight is 501 g/mol. The summed E-state index contributed by atoms with van der Waals surface area (Å²) in [6, 6.07) is 16.9. The number of thiophene rings is 1. The molecule has 2 aromatic heterocycles. The van der Waals surface area contributed by atoms with Gasteiger partial charge in [-0.3, -0.25) is 4.98 Å². The molecule has 0 radical (unpaired) electrons. The number of aromatic nitrogens is 1. The molecule has 3 aromatic rings. The second-order valence-corrected chi connectivity index (χ2v) is 9.52. The van der Waals surface area contributed by atoms with Crippen molar-refractivity contribution in [3.63, 3.8) is 0 Å². The van der Waals surface area contributed by atoms with Crippen LogP contribution in [0.1, 0.15) is 22.7 Å². The predicted octanol–water partition coefficient (Wildman–Crippen LogP) is 4.92. The minimum absolute atomic E-state index is 0.0110. The van der Waals surface area contributed by atoms with Gasteiger partial charge in [0, 0.05) is 45.4 Å². The van der Waals surface area contributed by atoms with E-state index in [0.29, 0.717) is 0 Å². The smallest absolute Gasteiger partial charge is 0.174 e. The molecule has 2 saturated heterocycles. The van der Waals surface area contributed by atoms with Gasteiger partial charge in [0.25, 0.3) is 0 Å². The summed E-state index contributed by atoms with van der Waals surface area (Å²) in [5.74, 6) is 0. The van der Waals surface area contributed by atoms with Crippen LogP contribution in [0, 0.1) is 0 Å². The lowest BCUT2D eigenvalue weighted by molar-refractivity contribution is 0.122. The van der Waals surface area contributed by atoms with Gasteiger partial charge in [0.2, 0.25) is 0 Å². The van der Waals surface area contributed by atoms with E-state index in [-0.39, 0.29) is 12.1 Å². The van der Waals surface area contributed by atoms with Crippen molar-refractivity contribution < 1.29 is 4.74 Å². The van der Waals surface area contributed by atoms with Crippen molar-refractivity contribution in [2.75, 3.05) is 36.1 Å². The van der Waals surface area contributed by atoms with E-state index < -0.39 is 0 Å². The highest BCUT2D eigenvalue weighted by molar-refractivity contribution is 9.10. The van der Waals surface area contributed by atoms with E-state index in [9.17, 15) is 0 Å². The highest BCUT2D eigenvalue weighted by atomic mass is 79.9. The Morgan fingerprint density at radius 3 is 2.53 bits per heavy atom. The minimum atomic E-state index is -0.0110. The van der Waals surface area contributed by atoms with Gasteiger partial charge in [-0.2, -0.15) is 0 Å². The van der Waals surface area contributed by atoms with Gasteiger partial charge >= 0.3 is 0 Å². The molecule has 0 spiro atoms. The van der Waals surface area contributed by atoms with Gasteiger partial charge in [0.05, 0.1) is 31.0 Å². The highest BCUT2D eigenvalue weighted by Gasteiger charge is 2.41. The number of anilines is 2. The maximum absolute atomic E-state index is 5.79. The van der Waals surface area contributed by atoms with Crippen LogP contribution in [-0.2, 0) is 4.74 Å². The normalized spacial score (nSPS) is 21.7. The Labute approximate surface area is 193 Å². The summed E-state index contributed by atoms with van der Waals surface area (Å²) in [6.07, 6.45) is 1.83. The molecule has 30 heavy (non-hydrogen) atoms. The first kappa shape index (κ1) is 19.9. The summed E-state index contributed by atoms with van der Waals surface area (Å²) >= 11 is 11.1. The fourth-order valence-electron chi connectivity index (χ4n) is 4.05. The molecule has 0 aliphatic carbocycles. The van der Waals surface area contributed by atoms with Crippen molar-refractivity contribution >= 4 is 56.0 Å². The third-order valence-corrected chi connectivity index (χ3v) is 7.56. The van der Waals surface area contributed by atoms with Crippen LogP contribution in [0.4, 0.5) is 11.4 Å². The molecule has 4 heterocycles. The lowest BCUT2D eigenvalue weighted by Crippen LogP contribution is -2.36. The summed E-state index contributed by atoms with van der Waals surface area (Å²) in [7, 11) is 0. The number of nitrogens with zero attached hydrogens (tertiary/aromatic N) is 3. The van der Waals surface area contributed by atoms with Gasteiger partial charge < -0.3 is 19.9 Å². The third-order valence-electron chi connectivity index (χ3n) is 5.48. The van der Waals surface area contributed by atoms with E-state index >= 15 is 0 Å². The lowest BCUT2D eigenvalue weighted by atomic mass is 10.0. The summed E-state index contributed by atoms with van der Waals surface area (Å²) in [5, 5.41) is 6.35. The molecular weight excluding hydrogens is 480 g/mol.